The molecule has 1 amide bonds. The van der Waals surface area contributed by atoms with E-state index in [0.717, 1.165) is 37.7 Å². The predicted molar refractivity (Wildman–Crippen MR) is 111 cm³/mol. The predicted octanol–water partition coefficient (Wildman–Crippen LogP) is 4.13. The average Bonchev–Trinajstić information content (AvgIpc) is 3.03. The van der Waals surface area contributed by atoms with Crippen molar-refractivity contribution in [3.63, 3.8) is 0 Å². The molecule has 2 aromatic rings. The molecule has 1 heterocycles. The van der Waals surface area contributed by atoms with Crippen molar-refractivity contribution >= 4 is 15.9 Å². The highest BCUT2D eigenvalue weighted by atomic mass is 32.2. The topological polar surface area (TPSA) is 66.5 Å². The lowest BCUT2D eigenvalue weighted by Gasteiger charge is -2.21. The molecule has 1 aliphatic heterocycles. The summed E-state index contributed by atoms with van der Waals surface area (Å²) in [6.45, 7) is 3.10. The molecule has 0 radical (unpaired) electrons. The number of benzene rings is 2. The first-order valence-electron chi connectivity index (χ1n) is 9.98. The molecule has 28 heavy (non-hydrogen) atoms. The van der Waals surface area contributed by atoms with Gasteiger partial charge in [0.25, 0.3) is 5.91 Å². The van der Waals surface area contributed by atoms with Crippen LogP contribution in [0.1, 0.15) is 61.0 Å². The summed E-state index contributed by atoms with van der Waals surface area (Å²) in [6, 6.07) is 16.0. The van der Waals surface area contributed by atoms with E-state index in [2.05, 4.69) is 5.32 Å². The number of carbonyl (C=O) groups is 1. The third kappa shape index (κ3) is 4.80. The van der Waals surface area contributed by atoms with Crippen LogP contribution < -0.4 is 5.32 Å². The SMILES string of the molecule is CCC(NC(=O)c1cccc(S(=O)(=O)N2CCCCCC2)c1)c1ccccc1. The summed E-state index contributed by atoms with van der Waals surface area (Å²) in [5, 5.41) is 3.02. The minimum Gasteiger partial charge on any atom is -0.345 e. The second-order valence-electron chi connectivity index (χ2n) is 7.19. The van der Waals surface area contributed by atoms with Crippen molar-refractivity contribution < 1.29 is 13.2 Å². The second kappa shape index (κ2) is 9.34. The van der Waals surface area contributed by atoms with Crippen LogP contribution in [0.3, 0.4) is 0 Å². The molecular formula is C22H28N2O3S. The Kier molecular flexibility index (Phi) is 6.86. The second-order valence-corrected chi connectivity index (χ2v) is 9.13. The van der Waals surface area contributed by atoms with Gasteiger partial charge in [-0.2, -0.15) is 4.31 Å². The summed E-state index contributed by atoms with van der Waals surface area (Å²) < 4.78 is 27.6. The molecular weight excluding hydrogens is 372 g/mol. The lowest BCUT2D eigenvalue weighted by Crippen LogP contribution is -2.32. The maximum absolute atomic E-state index is 13.0. The Bertz CT molecular complexity index is 889. The minimum absolute atomic E-state index is 0.112. The van der Waals surface area contributed by atoms with Crippen molar-refractivity contribution in [3.05, 3.63) is 65.7 Å². The molecule has 1 saturated heterocycles. The molecule has 0 spiro atoms. The van der Waals surface area contributed by atoms with E-state index in [1.54, 1.807) is 22.5 Å². The molecule has 0 bridgehead atoms. The Morgan fingerprint density at radius 1 is 1.00 bits per heavy atom. The first-order chi connectivity index (χ1) is 13.5. The highest BCUT2D eigenvalue weighted by Crippen LogP contribution is 2.22. The zero-order valence-corrected chi connectivity index (χ0v) is 17.1. The highest BCUT2D eigenvalue weighted by molar-refractivity contribution is 7.89. The number of amides is 1. The molecule has 6 heteroatoms. The van der Waals surface area contributed by atoms with E-state index >= 15 is 0 Å². The van der Waals surface area contributed by atoms with E-state index in [1.165, 1.54) is 6.07 Å². The summed E-state index contributed by atoms with van der Waals surface area (Å²) in [5.74, 6) is -0.261. The zero-order valence-electron chi connectivity index (χ0n) is 16.3. The van der Waals surface area contributed by atoms with Crippen LogP contribution in [-0.4, -0.2) is 31.7 Å². The molecule has 0 aromatic heterocycles. The smallest absolute Gasteiger partial charge is 0.251 e. The van der Waals surface area contributed by atoms with Gasteiger partial charge in [0, 0.05) is 18.7 Å². The van der Waals surface area contributed by atoms with E-state index in [-0.39, 0.29) is 16.8 Å². The lowest BCUT2D eigenvalue weighted by atomic mass is 10.0. The molecule has 1 unspecified atom stereocenters. The number of hydrogen-bond acceptors (Lipinski definition) is 3. The van der Waals surface area contributed by atoms with Gasteiger partial charge in [0.2, 0.25) is 10.0 Å². The van der Waals surface area contributed by atoms with Gasteiger partial charge in [-0.3, -0.25) is 4.79 Å². The summed E-state index contributed by atoms with van der Waals surface area (Å²) in [4.78, 5) is 13.0. The fraction of sp³-hybridized carbons (Fsp3) is 0.409. The Balaban J connectivity index is 1.79. The van der Waals surface area contributed by atoms with E-state index in [4.69, 9.17) is 0 Å². The lowest BCUT2D eigenvalue weighted by molar-refractivity contribution is 0.0935. The van der Waals surface area contributed by atoms with Crippen LogP contribution >= 0.6 is 0 Å². The van der Waals surface area contributed by atoms with Gasteiger partial charge in [-0.05, 0) is 43.0 Å². The first kappa shape index (κ1) is 20.6. The van der Waals surface area contributed by atoms with E-state index in [9.17, 15) is 13.2 Å². The van der Waals surface area contributed by atoms with Crippen LogP contribution in [0.25, 0.3) is 0 Å². The molecule has 2 aromatic carbocycles. The Hall–Kier alpha value is -2.18. The largest absolute Gasteiger partial charge is 0.345 e. The maximum Gasteiger partial charge on any atom is 0.251 e. The molecule has 3 rings (SSSR count). The molecule has 150 valence electrons. The standard InChI is InChI=1S/C22H28N2O3S/c1-2-21(18-11-6-5-7-12-18)23-22(25)19-13-10-14-20(17-19)28(26,27)24-15-8-3-4-9-16-24/h5-7,10-14,17,21H,2-4,8-9,15-16H2,1H3,(H,23,25). The van der Waals surface area contributed by atoms with E-state index in [1.807, 2.05) is 37.3 Å². The average molecular weight is 401 g/mol. The van der Waals surface area contributed by atoms with Crippen molar-refractivity contribution in [1.29, 1.82) is 0 Å². The zero-order chi connectivity index (χ0) is 20.0. The van der Waals surface area contributed by atoms with Gasteiger partial charge in [0.15, 0.2) is 0 Å². The van der Waals surface area contributed by atoms with Crippen molar-refractivity contribution in [2.24, 2.45) is 0 Å². The molecule has 5 nitrogen and oxygen atoms in total. The summed E-state index contributed by atoms with van der Waals surface area (Å²) in [5.41, 5.74) is 1.40. The van der Waals surface area contributed by atoms with Gasteiger partial charge in [-0.15, -0.1) is 0 Å². The molecule has 1 atom stereocenters. The van der Waals surface area contributed by atoms with Gasteiger partial charge < -0.3 is 5.32 Å². The van der Waals surface area contributed by atoms with E-state index in [0.29, 0.717) is 18.7 Å². The minimum atomic E-state index is -3.57. The van der Waals surface area contributed by atoms with Crippen molar-refractivity contribution in [3.8, 4) is 0 Å². The highest BCUT2D eigenvalue weighted by Gasteiger charge is 2.26. The normalized spacial score (nSPS) is 16.9. The van der Waals surface area contributed by atoms with Crippen LogP contribution in [0, 0.1) is 0 Å². The summed E-state index contributed by atoms with van der Waals surface area (Å²) in [6.07, 6.45) is 4.64. The number of rotatable bonds is 6. The fourth-order valence-electron chi connectivity index (χ4n) is 3.58. The van der Waals surface area contributed by atoms with Crippen LogP contribution in [0.5, 0.6) is 0 Å². The summed E-state index contributed by atoms with van der Waals surface area (Å²) >= 11 is 0. The van der Waals surface area contributed by atoms with Crippen LogP contribution in [0.15, 0.2) is 59.5 Å². The van der Waals surface area contributed by atoms with Gasteiger partial charge >= 0.3 is 0 Å². The van der Waals surface area contributed by atoms with Gasteiger partial charge in [-0.25, -0.2) is 8.42 Å². The number of carbonyl (C=O) groups excluding carboxylic acids is 1. The van der Waals surface area contributed by atoms with Crippen LogP contribution in [-0.2, 0) is 10.0 Å². The molecule has 1 N–H and O–H groups in total. The van der Waals surface area contributed by atoms with Crippen molar-refractivity contribution in [2.75, 3.05) is 13.1 Å². The molecule has 1 fully saturated rings. The molecule has 0 aliphatic carbocycles. The van der Waals surface area contributed by atoms with Gasteiger partial charge in [-0.1, -0.05) is 56.2 Å². The number of sulfonamides is 1. The number of nitrogens with one attached hydrogen (secondary N) is 1. The van der Waals surface area contributed by atoms with Gasteiger partial charge in [0.05, 0.1) is 10.9 Å². The Morgan fingerprint density at radius 3 is 2.32 bits per heavy atom. The summed E-state index contributed by atoms with van der Waals surface area (Å²) in [7, 11) is -3.57. The molecule has 1 aliphatic rings. The number of nitrogens with zero attached hydrogens (tertiary/aromatic N) is 1. The monoisotopic (exact) mass is 400 g/mol. The first-order valence-corrected chi connectivity index (χ1v) is 11.4. The Labute approximate surface area is 167 Å². The van der Waals surface area contributed by atoms with Crippen molar-refractivity contribution in [2.45, 2.75) is 50.0 Å². The van der Waals surface area contributed by atoms with E-state index < -0.39 is 10.0 Å². The Morgan fingerprint density at radius 2 is 1.68 bits per heavy atom. The third-order valence-electron chi connectivity index (χ3n) is 5.21. The third-order valence-corrected chi connectivity index (χ3v) is 7.11. The quantitative estimate of drug-likeness (QED) is 0.793. The fourth-order valence-corrected chi connectivity index (χ4v) is 5.14. The number of hydrogen-bond donors (Lipinski definition) is 1. The van der Waals surface area contributed by atoms with Crippen LogP contribution in [0.2, 0.25) is 0 Å². The van der Waals surface area contributed by atoms with Crippen LogP contribution in [0.4, 0.5) is 0 Å². The van der Waals surface area contributed by atoms with Crippen molar-refractivity contribution in [1.82, 2.24) is 9.62 Å². The molecule has 0 saturated carbocycles. The van der Waals surface area contributed by atoms with Gasteiger partial charge in [0.1, 0.15) is 0 Å². The maximum atomic E-state index is 13.0.